The van der Waals surface area contributed by atoms with Crippen LogP contribution in [0.5, 0.6) is 5.75 Å². The highest BCUT2D eigenvalue weighted by atomic mass is 32.2. The molecule has 0 saturated heterocycles. The number of alkyl halides is 2. The molecule has 5 nitrogen and oxygen atoms in total. The first kappa shape index (κ1) is 18.6. The lowest BCUT2D eigenvalue weighted by atomic mass is 10.1. The maximum atomic E-state index is 12.5. The van der Waals surface area contributed by atoms with E-state index in [1.54, 1.807) is 19.1 Å². The van der Waals surface area contributed by atoms with E-state index in [0.717, 1.165) is 5.56 Å². The Kier molecular flexibility index (Phi) is 6.50. The van der Waals surface area contributed by atoms with Crippen molar-refractivity contribution in [1.29, 1.82) is 0 Å². The van der Waals surface area contributed by atoms with Crippen LogP contribution in [0, 0.1) is 6.92 Å². The van der Waals surface area contributed by atoms with Crippen LogP contribution in [0.1, 0.15) is 29.8 Å². The van der Waals surface area contributed by atoms with E-state index in [-0.39, 0.29) is 28.9 Å². The van der Waals surface area contributed by atoms with Crippen molar-refractivity contribution in [3.05, 3.63) is 29.3 Å². The van der Waals surface area contributed by atoms with Gasteiger partial charge in [-0.1, -0.05) is 34.7 Å². The number of carbonyl (C=O) groups is 1. The van der Waals surface area contributed by atoms with Crippen LogP contribution < -0.4 is 10.1 Å². The molecule has 130 valence electrons. The average Bonchev–Trinajstić information content (AvgIpc) is 2.93. The van der Waals surface area contributed by atoms with Gasteiger partial charge in [-0.25, -0.2) is 0 Å². The maximum Gasteiger partial charge on any atom is 0.387 e. The second-order valence-electron chi connectivity index (χ2n) is 5.26. The van der Waals surface area contributed by atoms with Gasteiger partial charge in [0.05, 0.1) is 11.3 Å². The van der Waals surface area contributed by atoms with Crippen LogP contribution in [0.2, 0.25) is 0 Å². The number of hydrogen-bond donors (Lipinski definition) is 1. The highest BCUT2D eigenvalue weighted by Gasteiger charge is 2.17. The fourth-order valence-corrected chi connectivity index (χ4v) is 3.62. The van der Waals surface area contributed by atoms with Gasteiger partial charge in [-0.3, -0.25) is 4.79 Å². The van der Waals surface area contributed by atoms with Crippen molar-refractivity contribution in [2.75, 3.05) is 11.1 Å². The van der Waals surface area contributed by atoms with Crippen molar-refractivity contribution in [1.82, 2.24) is 10.2 Å². The number of ketones is 1. The molecule has 1 aromatic heterocycles. The number of nitrogens with zero attached hydrogens (tertiary/aromatic N) is 2. The fourth-order valence-electron chi connectivity index (χ4n) is 1.84. The van der Waals surface area contributed by atoms with Crippen LogP contribution in [0.25, 0.3) is 0 Å². The number of rotatable bonds is 8. The Hall–Kier alpha value is -1.74. The standard InChI is InChI=1S/C15H17F2N3O2S2/c1-8(2)18-14-19-20-15(24-14)23-7-11(21)10-6-9(3)4-5-12(10)22-13(16)17/h4-6,8,13H,7H2,1-3H3,(H,18,19). The number of nitrogens with one attached hydrogen (secondary N) is 1. The third-order valence-electron chi connectivity index (χ3n) is 2.80. The molecule has 0 aliphatic rings. The molecular formula is C15H17F2N3O2S2. The molecule has 2 aromatic rings. The lowest BCUT2D eigenvalue weighted by Gasteiger charge is -2.10. The largest absolute Gasteiger partial charge is 0.434 e. The lowest BCUT2D eigenvalue weighted by Crippen LogP contribution is -2.10. The third-order valence-corrected chi connectivity index (χ3v) is 4.78. The molecule has 0 unspecified atom stereocenters. The van der Waals surface area contributed by atoms with E-state index in [1.165, 1.54) is 29.2 Å². The molecule has 1 N–H and O–H groups in total. The van der Waals surface area contributed by atoms with Gasteiger partial charge in [0, 0.05) is 6.04 Å². The minimum absolute atomic E-state index is 0.0688. The predicted molar refractivity (Wildman–Crippen MR) is 91.5 cm³/mol. The molecule has 0 bridgehead atoms. The first-order valence-electron chi connectivity index (χ1n) is 7.16. The molecule has 1 aromatic carbocycles. The van der Waals surface area contributed by atoms with Gasteiger partial charge in [-0.05, 0) is 32.9 Å². The van der Waals surface area contributed by atoms with Gasteiger partial charge in [-0.15, -0.1) is 10.2 Å². The highest BCUT2D eigenvalue weighted by Crippen LogP contribution is 2.29. The first-order chi connectivity index (χ1) is 11.3. The number of anilines is 1. The molecule has 2 rings (SSSR count). The molecule has 9 heteroatoms. The molecule has 0 saturated carbocycles. The van der Waals surface area contributed by atoms with Gasteiger partial charge < -0.3 is 10.1 Å². The summed E-state index contributed by atoms with van der Waals surface area (Å²) in [6, 6.07) is 4.79. The Morgan fingerprint density at radius 3 is 2.79 bits per heavy atom. The van der Waals surface area contributed by atoms with Gasteiger partial charge in [0.25, 0.3) is 0 Å². The molecule has 0 atom stereocenters. The van der Waals surface area contributed by atoms with Gasteiger partial charge >= 0.3 is 6.61 Å². The van der Waals surface area contributed by atoms with Crippen molar-refractivity contribution in [2.45, 2.75) is 37.8 Å². The highest BCUT2D eigenvalue weighted by molar-refractivity contribution is 8.01. The summed E-state index contributed by atoms with van der Waals surface area (Å²) in [6.45, 7) is 2.78. The zero-order valence-electron chi connectivity index (χ0n) is 13.4. The third kappa shape index (κ3) is 5.41. The molecule has 0 aliphatic carbocycles. The Morgan fingerprint density at radius 2 is 2.12 bits per heavy atom. The van der Waals surface area contributed by atoms with E-state index in [0.29, 0.717) is 9.47 Å². The summed E-state index contributed by atoms with van der Waals surface area (Å²) in [5.74, 6) is -0.340. The summed E-state index contributed by atoms with van der Waals surface area (Å²) in [5, 5.41) is 11.8. The van der Waals surface area contributed by atoms with Crippen LogP contribution in [0.15, 0.2) is 22.5 Å². The normalized spacial score (nSPS) is 11.1. The topological polar surface area (TPSA) is 64.1 Å². The van der Waals surface area contributed by atoms with Gasteiger partial charge in [-0.2, -0.15) is 8.78 Å². The molecule has 0 aliphatic heterocycles. The lowest BCUT2D eigenvalue weighted by molar-refractivity contribution is -0.0501. The molecule has 0 spiro atoms. The smallest absolute Gasteiger partial charge is 0.387 e. The summed E-state index contributed by atoms with van der Waals surface area (Å²) >= 11 is 2.56. The first-order valence-corrected chi connectivity index (χ1v) is 8.97. The Bertz CT molecular complexity index is 708. The van der Waals surface area contributed by atoms with Crippen molar-refractivity contribution in [3.8, 4) is 5.75 Å². The SMILES string of the molecule is Cc1ccc(OC(F)F)c(C(=O)CSc2nnc(NC(C)C)s2)c1. The monoisotopic (exact) mass is 373 g/mol. The summed E-state index contributed by atoms with van der Waals surface area (Å²) in [4.78, 5) is 12.4. The number of thioether (sulfide) groups is 1. The molecule has 0 fully saturated rings. The van der Waals surface area contributed by atoms with Gasteiger partial charge in [0.2, 0.25) is 5.13 Å². The van der Waals surface area contributed by atoms with E-state index in [4.69, 9.17) is 0 Å². The molecular weight excluding hydrogens is 356 g/mol. The Morgan fingerprint density at radius 1 is 1.38 bits per heavy atom. The summed E-state index contributed by atoms with van der Waals surface area (Å²) in [6.07, 6.45) is 0. The number of ether oxygens (including phenoxy) is 1. The van der Waals surface area contributed by atoms with Crippen LogP contribution in [-0.4, -0.2) is 34.4 Å². The van der Waals surface area contributed by atoms with Crippen molar-refractivity contribution < 1.29 is 18.3 Å². The average molecular weight is 373 g/mol. The van der Waals surface area contributed by atoms with Gasteiger partial charge in [0.15, 0.2) is 10.1 Å². The predicted octanol–water partition coefficient (Wildman–Crippen LogP) is 4.24. The van der Waals surface area contributed by atoms with Crippen molar-refractivity contribution in [2.24, 2.45) is 0 Å². The minimum Gasteiger partial charge on any atom is -0.434 e. The number of halogens is 2. The van der Waals surface area contributed by atoms with E-state index < -0.39 is 6.61 Å². The second kappa shape index (κ2) is 8.39. The number of hydrogen-bond acceptors (Lipinski definition) is 7. The van der Waals surface area contributed by atoms with Crippen molar-refractivity contribution in [3.63, 3.8) is 0 Å². The van der Waals surface area contributed by atoms with Crippen LogP contribution >= 0.6 is 23.1 Å². The fraction of sp³-hybridized carbons (Fsp3) is 0.400. The van der Waals surface area contributed by atoms with E-state index in [9.17, 15) is 13.6 Å². The second-order valence-corrected chi connectivity index (χ2v) is 7.46. The quantitative estimate of drug-likeness (QED) is 0.551. The number of carbonyl (C=O) groups excluding carboxylic acids is 1. The zero-order chi connectivity index (χ0) is 17.7. The van der Waals surface area contributed by atoms with E-state index in [2.05, 4.69) is 20.3 Å². The Balaban J connectivity index is 2.04. The van der Waals surface area contributed by atoms with Crippen LogP contribution in [-0.2, 0) is 0 Å². The molecule has 0 amide bonds. The number of aromatic nitrogens is 2. The summed E-state index contributed by atoms with van der Waals surface area (Å²) in [5.41, 5.74) is 0.942. The number of aryl methyl sites for hydroxylation is 1. The van der Waals surface area contributed by atoms with Crippen molar-refractivity contribution >= 4 is 34.0 Å². The number of Topliss-reactive ketones (excluding diaryl/α,β-unsaturated/α-hetero) is 1. The minimum atomic E-state index is -2.97. The van der Waals surface area contributed by atoms with E-state index in [1.807, 2.05) is 13.8 Å². The van der Waals surface area contributed by atoms with E-state index >= 15 is 0 Å². The summed E-state index contributed by atoms with van der Waals surface area (Å²) in [7, 11) is 0. The molecule has 0 radical (unpaired) electrons. The van der Waals surface area contributed by atoms with Crippen LogP contribution in [0.4, 0.5) is 13.9 Å². The Labute approximate surface area is 146 Å². The maximum absolute atomic E-state index is 12.5. The number of benzene rings is 1. The summed E-state index contributed by atoms with van der Waals surface area (Å²) < 4.78 is 30.0. The molecule has 1 heterocycles. The molecule has 24 heavy (non-hydrogen) atoms. The van der Waals surface area contributed by atoms with Crippen LogP contribution in [0.3, 0.4) is 0 Å². The zero-order valence-corrected chi connectivity index (χ0v) is 15.0. The van der Waals surface area contributed by atoms with Gasteiger partial charge in [0.1, 0.15) is 5.75 Å².